The smallest absolute Gasteiger partial charge is 0.0970 e. The molecule has 0 saturated carbocycles. The molecule has 2 rings (SSSR count). The molecule has 0 radical (unpaired) electrons. The minimum Gasteiger partial charge on any atom is -0.286 e. The summed E-state index contributed by atoms with van der Waals surface area (Å²) in [6.07, 6.45) is 10.3. The van der Waals surface area contributed by atoms with Crippen molar-refractivity contribution in [3.63, 3.8) is 0 Å². The van der Waals surface area contributed by atoms with E-state index in [2.05, 4.69) is 54.0 Å². The number of hydrogen-bond acceptors (Lipinski definition) is 1. The topological polar surface area (TPSA) is 3.24 Å². The first-order chi connectivity index (χ1) is 10.4. The van der Waals surface area contributed by atoms with E-state index in [1.54, 1.807) is 0 Å². The minimum absolute atomic E-state index is 0.303. The Kier molecular flexibility index (Phi) is 7.39. The summed E-state index contributed by atoms with van der Waals surface area (Å²) >= 11 is 0. The molecule has 1 aliphatic rings. The summed E-state index contributed by atoms with van der Waals surface area (Å²) in [5.74, 6) is 7.01. The van der Waals surface area contributed by atoms with E-state index in [4.69, 9.17) is 0 Å². The molecule has 1 heteroatoms. The zero-order valence-corrected chi connectivity index (χ0v) is 13.5. The fourth-order valence-electron chi connectivity index (χ4n) is 3.01. The Morgan fingerprint density at radius 3 is 2.48 bits per heavy atom. The van der Waals surface area contributed by atoms with Crippen LogP contribution in [0.25, 0.3) is 0 Å². The van der Waals surface area contributed by atoms with Crippen LogP contribution in [0, 0.1) is 11.8 Å². The van der Waals surface area contributed by atoms with E-state index in [1.807, 2.05) is 0 Å². The third-order valence-corrected chi connectivity index (χ3v) is 4.27. The standard InChI is InChI=1S/C20H29N/c1-2-3-4-5-6-11-16-20(19-14-9-7-10-15-19)21-17-12-8-13-18-21/h7,9-10,14-15,20H,2-6,8,12-13,17-18H2,1H3. The van der Waals surface area contributed by atoms with Crippen LogP contribution in [0.15, 0.2) is 30.3 Å². The Morgan fingerprint density at radius 1 is 1.00 bits per heavy atom. The van der Waals surface area contributed by atoms with Crippen molar-refractivity contribution in [1.29, 1.82) is 0 Å². The minimum atomic E-state index is 0.303. The number of likely N-dealkylation sites (tertiary alicyclic amines) is 1. The molecule has 1 saturated heterocycles. The van der Waals surface area contributed by atoms with E-state index in [1.165, 1.54) is 63.6 Å². The van der Waals surface area contributed by atoms with Gasteiger partial charge in [-0.15, -0.1) is 5.92 Å². The molecule has 0 N–H and O–H groups in total. The molecule has 114 valence electrons. The van der Waals surface area contributed by atoms with E-state index in [9.17, 15) is 0 Å². The second kappa shape index (κ2) is 9.64. The fourth-order valence-corrected chi connectivity index (χ4v) is 3.01. The highest BCUT2D eigenvalue weighted by Crippen LogP contribution is 2.24. The molecule has 0 aromatic heterocycles. The van der Waals surface area contributed by atoms with Crippen molar-refractivity contribution in [2.24, 2.45) is 0 Å². The summed E-state index contributed by atoms with van der Waals surface area (Å²) in [5, 5.41) is 0. The van der Waals surface area contributed by atoms with Gasteiger partial charge in [0.1, 0.15) is 0 Å². The number of piperidine rings is 1. The van der Waals surface area contributed by atoms with Gasteiger partial charge in [-0.25, -0.2) is 0 Å². The molecule has 1 heterocycles. The predicted octanol–water partition coefficient (Wildman–Crippen LogP) is 5.19. The molecular formula is C20H29N. The average Bonchev–Trinajstić information content (AvgIpc) is 2.56. The second-order valence-corrected chi connectivity index (χ2v) is 6.04. The SMILES string of the molecule is CCCCCCC#CC(c1ccccc1)N1CCCCC1. The van der Waals surface area contributed by atoms with Crippen molar-refractivity contribution >= 4 is 0 Å². The van der Waals surface area contributed by atoms with Gasteiger partial charge in [0.05, 0.1) is 6.04 Å². The van der Waals surface area contributed by atoms with Gasteiger partial charge in [0.15, 0.2) is 0 Å². The molecular weight excluding hydrogens is 254 g/mol. The molecule has 0 aliphatic carbocycles. The van der Waals surface area contributed by atoms with Crippen LogP contribution in [0.2, 0.25) is 0 Å². The Bertz CT molecular complexity index is 434. The maximum Gasteiger partial charge on any atom is 0.0970 e. The van der Waals surface area contributed by atoms with E-state index in [0.29, 0.717) is 6.04 Å². The molecule has 1 fully saturated rings. The lowest BCUT2D eigenvalue weighted by Gasteiger charge is -2.31. The Morgan fingerprint density at radius 2 is 1.76 bits per heavy atom. The van der Waals surface area contributed by atoms with Crippen molar-refractivity contribution < 1.29 is 0 Å². The predicted molar refractivity (Wildman–Crippen MR) is 91.1 cm³/mol. The van der Waals surface area contributed by atoms with Gasteiger partial charge in [0, 0.05) is 6.42 Å². The van der Waals surface area contributed by atoms with Gasteiger partial charge in [-0.1, -0.05) is 68.9 Å². The first-order valence-corrected chi connectivity index (χ1v) is 8.69. The van der Waals surface area contributed by atoms with Crippen LogP contribution in [0.1, 0.15) is 69.9 Å². The molecule has 1 nitrogen and oxygen atoms in total. The van der Waals surface area contributed by atoms with Crippen LogP contribution in [-0.2, 0) is 0 Å². The highest BCUT2D eigenvalue weighted by atomic mass is 15.2. The number of nitrogens with zero attached hydrogens (tertiary/aromatic N) is 1. The molecule has 1 aromatic carbocycles. The Balaban J connectivity index is 1.97. The summed E-state index contributed by atoms with van der Waals surface area (Å²) in [6, 6.07) is 11.1. The quantitative estimate of drug-likeness (QED) is 0.513. The highest BCUT2D eigenvalue weighted by molar-refractivity contribution is 5.27. The summed E-state index contributed by atoms with van der Waals surface area (Å²) in [4.78, 5) is 2.57. The maximum atomic E-state index is 3.56. The monoisotopic (exact) mass is 283 g/mol. The van der Waals surface area contributed by atoms with Gasteiger partial charge in [-0.2, -0.15) is 0 Å². The van der Waals surface area contributed by atoms with Crippen molar-refractivity contribution in [1.82, 2.24) is 4.90 Å². The molecule has 0 amide bonds. The summed E-state index contributed by atoms with van der Waals surface area (Å²) in [5.41, 5.74) is 1.36. The van der Waals surface area contributed by atoms with Crippen LogP contribution >= 0.6 is 0 Å². The number of benzene rings is 1. The summed E-state index contributed by atoms with van der Waals surface area (Å²) in [6.45, 7) is 4.65. The Labute approximate surface area is 130 Å². The van der Waals surface area contributed by atoms with Crippen LogP contribution in [0.5, 0.6) is 0 Å². The highest BCUT2D eigenvalue weighted by Gasteiger charge is 2.19. The molecule has 1 unspecified atom stereocenters. The number of rotatable bonds is 6. The van der Waals surface area contributed by atoms with Gasteiger partial charge >= 0.3 is 0 Å². The second-order valence-electron chi connectivity index (χ2n) is 6.04. The fraction of sp³-hybridized carbons (Fsp3) is 0.600. The lowest BCUT2D eigenvalue weighted by atomic mass is 10.0. The van der Waals surface area contributed by atoms with Crippen LogP contribution in [0.4, 0.5) is 0 Å². The van der Waals surface area contributed by atoms with Gasteiger partial charge in [0.25, 0.3) is 0 Å². The summed E-state index contributed by atoms with van der Waals surface area (Å²) in [7, 11) is 0. The lowest BCUT2D eigenvalue weighted by molar-refractivity contribution is 0.197. The third kappa shape index (κ3) is 5.56. The maximum absolute atomic E-state index is 3.56. The van der Waals surface area contributed by atoms with E-state index >= 15 is 0 Å². The number of hydrogen-bond donors (Lipinski definition) is 0. The molecule has 1 aromatic rings. The average molecular weight is 283 g/mol. The third-order valence-electron chi connectivity index (χ3n) is 4.27. The molecule has 0 spiro atoms. The zero-order valence-electron chi connectivity index (χ0n) is 13.5. The zero-order chi connectivity index (χ0) is 14.8. The molecule has 0 bridgehead atoms. The van der Waals surface area contributed by atoms with Crippen molar-refractivity contribution in [3.8, 4) is 11.8 Å². The number of unbranched alkanes of at least 4 members (excludes halogenated alkanes) is 4. The first kappa shape index (κ1) is 16.1. The molecule has 1 atom stereocenters. The first-order valence-electron chi connectivity index (χ1n) is 8.69. The van der Waals surface area contributed by atoms with Crippen molar-refractivity contribution in [2.75, 3.05) is 13.1 Å². The molecule has 1 aliphatic heterocycles. The van der Waals surface area contributed by atoms with Crippen LogP contribution in [0.3, 0.4) is 0 Å². The van der Waals surface area contributed by atoms with Gasteiger partial charge in [-0.05, 0) is 37.9 Å². The van der Waals surface area contributed by atoms with Gasteiger partial charge < -0.3 is 0 Å². The van der Waals surface area contributed by atoms with Gasteiger partial charge in [0.2, 0.25) is 0 Å². The van der Waals surface area contributed by atoms with Crippen LogP contribution in [-0.4, -0.2) is 18.0 Å². The largest absolute Gasteiger partial charge is 0.286 e. The van der Waals surface area contributed by atoms with Crippen molar-refractivity contribution in [2.45, 2.75) is 64.3 Å². The normalized spacial score (nSPS) is 17.0. The van der Waals surface area contributed by atoms with Crippen LogP contribution < -0.4 is 0 Å². The van der Waals surface area contributed by atoms with Crippen molar-refractivity contribution in [3.05, 3.63) is 35.9 Å². The van der Waals surface area contributed by atoms with E-state index in [0.717, 1.165) is 6.42 Å². The van der Waals surface area contributed by atoms with E-state index in [-0.39, 0.29) is 0 Å². The van der Waals surface area contributed by atoms with E-state index < -0.39 is 0 Å². The summed E-state index contributed by atoms with van der Waals surface area (Å²) < 4.78 is 0. The van der Waals surface area contributed by atoms with Gasteiger partial charge in [-0.3, -0.25) is 4.90 Å². The Hall–Kier alpha value is -1.26. The molecule has 21 heavy (non-hydrogen) atoms. The lowest BCUT2D eigenvalue weighted by Crippen LogP contribution is -2.33.